The summed E-state index contributed by atoms with van der Waals surface area (Å²) in [4.78, 5) is 23.3. The van der Waals surface area contributed by atoms with E-state index in [0.29, 0.717) is 18.0 Å². The molecule has 30 heavy (non-hydrogen) atoms. The number of carbonyl (C=O) groups is 1. The van der Waals surface area contributed by atoms with Crippen molar-refractivity contribution in [3.05, 3.63) is 71.8 Å². The Kier molecular flexibility index (Phi) is 4.50. The first kappa shape index (κ1) is 18.4. The summed E-state index contributed by atoms with van der Waals surface area (Å²) in [6.45, 7) is 2.71. The van der Waals surface area contributed by atoms with E-state index in [0.717, 1.165) is 41.0 Å². The Balaban J connectivity index is 1.44. The third-order valence-corrected chi connectivity index (χ3v) is 5.63. The van der Waals surface area contributed by atoms with Crippen molar-refractivity contribution in [2.75, 3.05) is 13.7 Å². The van der Waals surface area contributed by atoms with Crippen LogP contribution in [-0.4, -0.2) is 44.2 Å². The molecule has 0 saturated carbocycles. The Morgan fingerprint density at radius 2 is 2.07 bits per heavy atom. The Bertz CT molecular complexity index is 1190. The van der Waals surface area contributed by atoms with Gasteiger partial charge in [0.25, 0.3) is 5.91 Å². The Morgan fingerprint density at radius 3 is 2.90 bits per heavy atom. The van der Waals surface area contributed by atoms with Gasteiger partial charge in [-0.05, 0) is 55.7 Å². The largest absolute Gasteiger partial charge is 0.494 e. The summed E-state index contributed by atoms with van der Waals surface area (Å²) in [7, 11) is 1.63. The van der Waals surface area contributed by atoms with E-state index in [1.54, 1.807) is 24.1 Å². The number of ether oxygens (including phenoxy) is 1. The van der Waals surface area contributed by atoms with Gasteiger partial charge >= 0.3 is 0 Å². The molecule has 7 nitrogen and oxygen atoms in total. The lowest BCUT2D eigenvalue weighted by molar-refractivity contribution is 0.0724. The number of aromatic amines is 1. The maximum absolute atomic E-state index is 13.3. The van der Waals surface area contributed by atoms with Crippen LogP contribution >= 0.6 is 0 Å². The van der Waals surface area contributed by atoms with Crippen molar-refractivity contribution < 1.29 is 9.53 Å². The molecular weight excluding hydrogens is 378 g/mol. The summed E-state index contributed by atoms with van der Waals surface area (Å²) in [5.41, 5.74) is 4.23. The van der Waals surface area contributed by atoms with Crippen LogP contribution in [0.15, 0.2) is 54.7 Å². The van der Waals surface area contributed by atoms with Gasteiger partial charge in [-0.25, -0.2) is 9.67 Å². The minimum atomic E-state index is -0.0803. The molecule has 4 aromatic rings. The van der Waals surface area contributed by atoms with Gasteiger partial charge < -0.3 is 14.6 Å². The minimum Gasteiger partial charge on any atom is -0.494 e. The molecule has 1 saturated heterocycles. The average molecular weight is 401 g/mol. The highest BCUT2D eigenvalue weighted by Gasteiger charge is 2.33. The molecule has 0 aliphatic carbocycles. The van der Waals surface area contributed by atoms with E-state index in [9.17, 15) is 4.79 Å². The molecule has 0 bridgehead atoms. The second kappa shape index (κ2) is 7.33. The highest BCUT2D eigenvalue weighted by molar-refractivity contribution is 5.92. The number of methoxy groups -OCH3 is 1. The fraction of sp³-hybridized carbons (Fsp3) is 0.261. The standard InChI is InChI=1S/C23H23N5O2/c1-15-9-10-21(30-2)20(14-15)28-13-11-18(26-28)23(29)27-12-5-8-19(27)22-24-16-6-3-4-7-17(16)25-22/h3-4,6-7,9-11,13-14,19H,5,8,12H2,1-2H3,(H,24,25). The van der Waals surface area contributed by atoms with Gasteiger partial charge in [-0.2, -0.15) is 5.10 Å². The summed E-state index contributed by atoms with van der Waals surface area (Å²) >= 11 is 0. The molecule has 2 aromatic heterocycles. The van der Waals surface area contributed by atoms with Gasteiger partial charge in [0, 0.05) is 12.7 Å². The van der Waals surface area contributed by atoms with Crippen LogP contribution in [0.3, 0.4) is 0 Å². The second-order valence-corrected chi connectivity index (χ2v) is 7.62. The maximum atomic E-state index is 13.3. The van der Waals surface area contributed by atoms with Crippen LogP contribution in [0.2, 0.25) is 0 Å². The van der Waals surface area contributed by atoms with Gasteiger partial charge in [0.05, 0.1) is 24.2 Å². The number of benzene rings is 2. The van der Waals surface area contributed by atoms with Gasteiger partial charge in [0.15, 0.2) is 5.69 Å². The summed E-state index contributed by atoms with van der Waals surface area (Å²) < 4.78 is 7.16. The molecule has 2 aromatic carbocycles. The zero-order chi connectivity index (χ0) is 20.7. The Labute approximate surface area is 174 Å². The predicted molar refractivity (Wildman–Crippen MR) is 114 cm³/mol. The highest BCUT2D eigenvalue weighted by Crippen LogP contribution is 2.32. The Morgan fingerprint density at radius 1 is 1.20 bits per heavy atom. The van der Waals surface area contributed by atoms with Crippen molar-refractivity contribution in [2.24, 2.45) is 0 Å². The number of imidazole rings is 1. The maximum Gasteiger partial charge on any atom is 0.274 e. The van der Waals surface area contributed by atoms with Crippen molar-refractivity contribution in [3.8, 4) is 11.4 Å². The number of aryl methyl sites for hydroxylation is 1. The predicted octanol–water partition coefficient (Wildman–Crippen LogP) is 4.04. The van der Waals surface area contributed by atoms with Crippen molar-refractivity contribution >= 4 is 16.9 Å². The number of amides is 1. The molecule has 3 heterocycles. The third-order valence-electron chi connectivity index (χ3n) is 5.63. The number of nitrogens with zero attached hydrogens (tertiary/aromatic N) is 4. The van der Waals surface area contributed by atoms with Gasteiger partial charge in [-0.3, -0.25) is 4.79 Å². The van der Waals surface area contributed by atoms with E-state index < -0.39 is 0 Å². The number of carbonyl (C=O) groups excluding carboxylic acids is 1. The lowest BCUT2D eigenvalue weighted by atomic mass is 10.2. The molecule has 0 spiro atoms. The van der Waals surface area contributed by atoms with Crippen molar-refractivity contribution in [1.29, 1.82) is 0 Å². The van der Waals surface area contributed by atoms with Crippen LogP contribution in [0.5, 0.6) is 5.75 Å². The number of aromatic nitrogens is 4. The normalized spacial score (nSPS) is 16.3. The zero-order valence-corrected chi connectivity index (χ0v) is 17.0. The molecule has 1 atom stereocenters. The zero-order valence-electron chi connectivity index (χ0n) is 17.0. The van der Waals surface area contributed by atoms with Gasteiger partial charge in [0.2, 0.25) is 0 Å². The third kappa shape index (κ3) is 3.12. The Hall–Kier alpha value is -3.61. The van der Waals surface area contributed by atoms with E-state index in [1.807, 2.05) is 54.3 Å². The first-order chi connectivity index (χ1) is 14.6. The lowest BCUT2D eigenvalue weighted by Gasteiger charge is -2.22. The molecule has 1 fully saturated rings. The van der Waals surface area contributed by atoms with Crippen molar-refractivity contribution in [2.45, 2.75) is 25.8 Å². The van der Waals surface area contributed by atoms with Gasteiger partial charge in [-0.1, -0.05) is 18.2 Å². The smallest absolute Gasteiger partial charge is 0.274 e. The van der Waals surface area contributed by atoms with Crippen LogP contribution in [-0.2, 0) is 0 Å². The molecule has 1 unspecified atom stereocenters. The summed E-state index contributed by atoms with van der Waals surface area (Å²) in [5.74, 6) is 1.47. The van der Waals surface area contributed by atoms with E-state index in [-0.39, 0.29) is 11.9 Å². The van der Waals surface area contributed by atoms with Crippen LogP contribution in [0.25, 0.3) is 16.7 Å². The number of hydrogen-bond donors (Lipinski definition) is 1. The first-order valence-electron chi connectivity index (χ1n) is 10.1. The summed E-state index contributed by atoms with van der Waals surface area (Å²) in [5, 5.41) is 4.56. The van der Waals surface area contributed by atoms with E-state index >= 15 is 0 Å². The number of likely N-dealkylation sites (tertiary alicyclic amines) is 1. The van der Waals surface area contributed by atoms with Crippen LogP contribution in [0.4, 0.5) is 0 Å². The molecule has 1 aliphatic heterocycles. The second-order valence-electron chi connectivity index (χ2n) is 7.62. The molecule has 0 radical (unpaired) electrons. The van der Waals surface area contributed by atoms with Crippen molar-refractivity contribution in [1.82, 2.24) is 24.6 Å². The average Bonchev–Trinajstić information content (AvgIpc) is 3.51. The molecule has 1 amide bonds. The molecule has 5 rings (SSSR count). The summed E-state index contributed by atoms with van der Waals surface area (Å²) in [6, 6.07) is 15.5. The fourth-order valence-electron chi connectivity index (χ4n) is 4.12. The highest BCUT2D eigenvalue weighted by atomic mass is 16.5. The van der Waals surface area contributed by atoms with Gasteiger partial charge in [0.1, 0.15) is 17.3 Å². The number of hydrogen-bond acceptors (Lipinski definition) is 4. The molecular formula is C23H23N5O2. The number of nitrogens with one attached hydrogen (secondary N) is 1. The fourth-order valence-corrected chi connectivity index (χ4v) is 4.12. The SMILES string of the molecule is COc1ccc(C)cc1-n1ccc(C(=O)N2CCCC2c2nc3ccccc3[nH]2)n1. The van der Waals surface area contributed by atoms with Gasteiger partial charge in [-0.15, -0.1) is 0 Å². The quantitative estimate of drug-likeness (QED) is 0.560. The number of para-hydroxylation sites is 2. The topological polar surface area (TPSA) is 76.0 Å². The molecule has 1 aliphatic rings. The van der Waals surface area contributed by atoms with E-state index in [1.165, 1.54) is 0 Å². The summed E-state index contributed by atoms with van der Waals surface area (Å²) in [6.07, 6.45) is 3.63. The minimum absolute atomic E-state index is 0.0662. The number of fused-ring (bicyclic) bond motifs is 1. The van der Waals surface area contributed by atoms with Crippen molar-refractivity contribution in [3.63, 3.8) is 0 Å². The van der Waals surface area contributed by atoms with E-state index in [2.05, 4.69) is 10.1 Å². The number of H-pyrrole nitrogens is 1. The molecule has 152 valence electrons. The lowest BCUT2D eigenvalue weighted by Crippen LogP contribution is -2.31. The van der Waals surface area contributed by atoms with E-state index in [4.69, 9.17) is 9.72 Å². The monoisotopic (exact) mass is 401 g/mol. The van der Waals surface area contributed by atoms with Crippen LogP contribution in [0.1, 0.15) is 40.8 Å². The first-order valence-corrected chi connectivity index (χ1v) is 10.1. The molecule has 7 heteroatoms. The van der Waals surface area contributed by atoms with Crippen LogP contribution in [0, 0.1) is 6.92 Å². The van der Waals surface area contributed by atoms with Crippen LogP contribution < -0.4 is 4.74 Å². The molecule has 1 N–H and O–H groups in total. The number of rotatable bonds is 4.